The molecule has 1 saturated heterocycles. The molecule has 2 heterocycles. The minimum absolute atomic E-state index is 0.211. The molecular formula is C16H30N4O3. The highest BCUT2D eigenvalue weighted by Crippen LogP contribution is 2.22. The topological polar surface area (TPSA) is 66.4 Å². The average Bonchev–Trinajstić information content (AvgIpc) is 2.50. The number of nitrogens with one attached hydrogen (secondary N) is 1. The zero-order valence-electron chi connectivity index (χ0n) is 14.6. The monoisotopic (exact) mass is 326 g/mol. The number of ether oxygens (including phenoxy) is 2. The number of hydrogen-bond donors (Lipinski definition) is 1. The first-order chi connectivity index (χ1) is 11.0. The Labute approximate surface area is 139 Å². The van der Waals surface area contributed by atoms with Crippen molar-refractivity contribution < 1.29 is 14.3 Å². The first-order valence-electron chi connectivity index (χ1n) is 8.45. The normalized spacial score (nSPS) is 23.5. The number of amidine groups is 1. The van der Waals surface area contributed by atoms with Gasteiger partial charge in [-0.15, -0.1) is 0 Å². The summed E-state index contributed by atoms with van der Waals surface area (Å²) in [6.45, 7) is 11.4. The number of aliphatic imine (C=N–C) groups is 1. The van der Waals surface area contributed by atoms with Crippen LogP contribution in [0.25, 0.3) is 0 Å². The molecule has 1 fully saturated rings. The molecule has 0 aromatic carbocycles. The highest BCUT2D eigenvalue weighted by molar-refractivity contribution is 5.98. The van der Waals surface area contributed by atoms with E-state index >= 15 is 0 Å². The average molecular weight is 326 g/mol. The molecule has 2 aliphatic rings. The lowest BCUT2D eigenvalue weighted by Crippen LogP contribution is -2.46. The van der Waals surface area contributed by atoms with E-state index in [9.17, 15) is 4.79 Å². The molecule has 7 heteroatoms. The first kappa shape index (κ1) is 18.2. The van der Waals surface area contributed by atoms with Crippen molar-refractivity contribution in [2.45, 2.75) is 20.3 Å². The fourth-order valence-corrected chi connectivity index (χ4v) is 2.66. The number of piperazine rings is 1. The second kappa shape index (κ2) is 8.61. The number of hydrogen-bond acceptors (Lipinski definition) is 6. The number of carbonyl (C=O) groups is 1. The number of nitrogens with zero attached hydrogens (tertiary/aromatic N) is 3. The lowest BCUT2D eigenvalue weighted by atomic mass is 9.88. The van der Waals surface area contributed by atoms with Gasteiger partial charge in [-0.05, 0) is 13.5 Å². The summed E-state index contributed by atoms with van der Waals surface area (Å²) in [4.78, 5) is 21.1. The van der Waals surface area contributed by atoms with Crippen molar-refractivity contribution in [3.05, 3.63) is 0 Å². The number of rotatable bonds is 3. The second-order valence-corrected chi connectivity index (χ2v) is 6.88. The predicted molar refractivity (Wildman–Crippen MR) is 89.9 cm³/mol. The summed E-state index contributed by atoms with van der Waals surface area (Å²) >= 11 is 0. The molecule has 23 heavy (non-hydrogen) atoms. The van der Waals surface area contributed by atoms with Crippen molar-refractivity contribution >= 4 is 11.9 Å². The van der Waals surface area contributed by atoms with Gasteiger partial charge in [0.25, 0.3) is 0 Å². The predicted octanol–water partition coefficient (Wildman–Crippen LogP) is 0.805. The number of carbonyl (C=O) groups excluding carboxylic acids is 1. The maximum Gasteiger partial charge on any atom is 0.412 e. The Kier molecular flexibility index (Phi) is 6.80. The van der Waals surface area contributed by atoms with Gasteiger partial charge in [0.1, 0.15) is 12.4 Å². The minimum atomic E-state index is -0.410. The zero-order valence-corrected chi connectivity index (χ0v) is 14.6. The second-order valence-electron chi connectivity index (χ2n) is 6.88. The van der Waals surface area contributed by atoms with Crippen LogP contribution in [0, 0.1) is 5.41 Å². The van der Waals surface area contributed by atoms with E-state index in [1.807, 2.05) is 0 Å². The summed E-state index contributed by atoms with van der Waals surface area (Å²) in [5.41, 5.74) is -0.211. The molecule has 0 aromatic rings. The molecule has 0 saturated carbocycles. The Morgan fingerprint density at radius 3 is 2.78 bits per heavy atom. The van der Waals surface area contributed by atoms with Crippen LogP contribution in [0.2, 0.25) is 0 Å². The molecule has 7 nitrogen and oxygen atoms in total. The van der Waals surface area contributed by atoms with Gasteiger partial charge in [-0.25, -0.2) is 4.79 Å². The quantitative estimate of drug-likeness (QED) is 0.831. The Morgan fingerprint density at radius 1 is 1.30 bits per heavy atom. The molecule has 0 atom stereocenters. The van der Waals surface area contributed by atoms with E-state index in [4.69, 9.17) is 9.47 Å². The van der Waals surface area contributed by atoms with E-state index in [2.05, 4.69) is 41.0 Å². The summed E-state index contributed by atoms with van der Waals surface area (Å²) in [7, 11) is 2.13. The lowest BCUT2D eigenvalue weighted by molar-refractivity contribution is 0.104. The molecule has 2 aliphatic heterocycles. The van der Waals surface area contributed by atoms with Gasteiger partial charge in [-0.2, -0.15) is 0 Å². The van der Waals surface area contributed by atoms with Gasteiger partial charge < -0.3 is 14.4 Å². The number of alkyl carbamates (subject to hydrolysis) is 1. The molecule has 0 unspecified atom stereocenters. The van der Waals surface area contributed by atoms with Crippen LogP contribution >= 0.6 is 0 Å². The maximum atomic E-state index is 12.0. The highest BCUT2D eigenvalue weighted by Gasteiger charge is 2.28. The van der Waals surface area contributed by atoms with Crippen molar-refractivity contribution in [1.29, 1.82) is 0 Å². The third-order valence-corrected chi connectivity index (χ3v) is 4.48. The van der Waals surface area contributed by atoms with Crippen molar-refractivity contribution in [3.63, 3.8) is 0 Å². The summed E-state index contributed by atoms with van der Waals surface area (Å²) in [6.07, 6.45) is 0.417. The summed E-state index contributed by atoms with van der Waals surface area (Å²) in [5.74, 6) is 0.699. The van der Waals surface area contributed by atoms with Crippen LogP contribution in [0.3, 0.4) is 0 Å². The summed E-state index contributed by atoms with van der Waals surface area (Å²) < 4.78 is 10.8. The van der Waals surface area contributed by atoms with Gasteiger partial charge in [0.15, 0.2) is 0 Å². The molecule has 1 N–H and O–H groups in total. The van der Waals surface area contributed by atoms with Crippen LogP contribution in [0.5, 0.6) is 0 Å². The SMILES string of the molecule is CN1CCN(CCOC(=O)NC2=NCCOCCC2(C)C)CC1. The molecule has 1 amide bonds. The van der Waals surface area contributed by atoms with Gasteiger partial charge in [-0.3, -0.25) is 15.2 Å². The van der Waals surface area contributed by atoms with E-state index in [0.29, 0.717) is 32.2 Å². The summed E-state index contributed by atoms with van der Waals surface area (Å²) in [5, 5.41) is 2.83. The highest BCUT2D eigenvalue weighted by atomic mass is 16.5. The molecular weight excluding hydrogens is 296 g/mol. The summed E-state index contributed by atoms with van der Waals surface area (Å²) in [6, 6.07) is 0. The van der Waals surface area contributed by atoms with Crippen LogP contribution in [0.15, 0.2) is 4.99 Å². The fraction of sp³-hybridized carbons (Fsp3) is 0.875. The van der Waals surface area contributed by atoms with Crippen LogP contribution in [-0.2, 0) is 9.47 Å². The third-order valence-electron chi connectivity index (χ3n) is 4.48. The van der Waals surface area contributed by atoms with Crippen molar-refractivity contribution in [1.82, 2.24) is 15.1 Å². The lowest BCUT2D eigenvalue weighted by Gasteiger charge is -2.32. The Morgan fingerprint density at radius 2 is 2.04 bits per heavy atom. The van der Waals surface area contributed by atoms with E-state index < -0.39 is 6.09 Å². The minimum Gasteiger partial charge on any atom is -0.448 e. The van der Waals surface area contributed by atoms with Gasteiger partial charge in [-0.1, -0.05) is 13.8 Å². The van der Waals surface area contributed by atoms with Crippen LogP contribution < -0.4 is 5.32 Å². The number of amides is 1. The van der Waals surface area contributed by atoms with Crippen molar-refractivity contribution in [2.75, 3.05) is 66.1 Å². The molecule has 0 bridgehead atoms. The van der Waals surface area contributed by atoms with E-state index in [0.717, 1.165) is 39.1 Å². The third kappa shape index (κ3) is 6.08. The standard InChI is InChI=1S/C16H30N4O3/c1-16(2)4-11-22-12-5-17-14(16)18-15(21)23-13-10-20-8-6-19(3)7-9-20/h4-13H2,1-3H3,(H,17,18,21). The van der Waals surface area contributed by atoms with Gasteiger partial charge in [0.2, 0.25) is 0 Å². The van der Waals surface area contributed by atoms with Crippen molar-refractivity contribution in [2.24, 2.45) is 10.4 Å². The fourth-order valence-electron chi connectivity index (χ4n) is 2.66. The Bertz CT molecular complexity index is 418. The van der Waals surface area contributed by atoms with Gasteiger partial charge >= 0.3 is 6.09 Å². The van der Waals surface area contributed by atoms with Crippen LogP contribution in [0.4, 0.5) is 4.79 Å². The van der Waals surface area contributed by atoms with E-state index in [1.54, 1.807) is 0 Å². The Balaban J connectivity index is 1.72. The first-order valence-corrected chi connectivity index (χ1v) is 8.45. The zero-order chi connectivity index (χ0) is 16.7. The van der Waals surface area contributed by atoms with Crippen LogP contribution in [0.1, 0.15) is 20.3 Å². The number of likely N-dealkylation sites (N-methyl/N-ethyl adjacent to an activating group) is 1. The van der Waals surface area contributed by atoms with Gasteiger partial charge in [0, 0.05) is 44.7 Å². The molecule has 0 aliphatic carbocycles. The molecule has 2 rings (SSSR count). The van der Waals surface area contributed by atoms with Gasteiger partial charge in [0.05, 0.1) is 13.2 Å². The Hall–Kier alpha value is -1.18. The molecule has 0 spiro atoms. The van der Waals surface area contributed by atoms with Crippen LogP contribution in [-0.4, -0.2) is 87.9 Å². The maximum absolute atomic E-state index is 12.0. The molecule has 0 radical (unpaired) electrons. The van der Waals surface area contributed by atoms with E-state index in [-0.39, 0.29) is 5.41 Å². The molecule has 132 valence electrons. The smallest absolute Gasteiger partial charge is 0.412 e. The van der Waals surface area contributed by atoms with Crippen molar-refractivity contribution in [3.8, 4) is 0 Å². The molecule has 0 aromatic heterocycles. The largest absolute Gasteiger partial charge is 0.448 e. The van der Waals surface area contributed by atoms with E-state index in [1.165, 1.54) is 0 Å².